The largest absolute Gasteiger partial charge is 0.329 e. The lowest BCUT2D eigenvalue weighted by Gasteiger charge is -2.34. The quantitative estimate of drug-likeness (QED) is 0.138. The number of fused-ring (bicyclic) bond motifs is 32. The molecule has 0 unspecified atom stereocenters. The molecule has 6 nitrogen and oxygen atoms in total. The van der Waals surface area contributed by atoms with Gasteiger partial charge in [0.1, 0.15) is 0 Å². The van der Waals surface area contributed by atoms with Crippen molar-refractivity contribution in [1.29, 1.82) is 0 Å². The summed E-state index contributed by atoms with van der Waals surface area (Å²) in [6, 6.07) is 27.2. The first-order valence-corrected chi connectivity index (χ1v) is 22.4. The van der Waals surface area contributed by atoms with E-state index >= 15 is 0 Å². The van der Waals surface area contributed by atoms with Crippen LogP contribution in [0.2, 0.25) is 0 Å². The van der Waals surface area contributed by atoms with Gasteiger partial charge in [0.25, 0.3) is 0 Å². The Kier molecular flexibility index (Phi) is 5.37. The van der Waals surface area contributed by atoms with Crippen molar-refractivity contribution in [2.75, 3.05) is 0 Å². The summed E-state index contributed by atoms with van der Waals surface area (Å²) in [6.07, 6.45) is 3.07. The molecule has 4 N–H and O–H groups in total. The minimum atomic E-state index is -4.49. The monoisotopic (exact) mass is 722 g/mol. The Morgan fingerprint density at radius 2 is 0.615 bits per heavy atom. The van der Waals surface area contributed by atoms with Crippen LogP contribution in [0, 0.1) is 0 Å². The molecule has 8 aliphatic rings. The van der Waals surface area contributed by atoms with Gasteiger partial charge >= 0.3 is 15.2 Å². The van der Waals surface area contributed by atoms with Crippen molar-refractivity contribution < 1.29 is 28.7 Å². The molecule has 13 rings (SSSR count). The van der Waals surface area contributed by atoms with Gasteiger partial charge in [-0.15, -0.1) is 0 Å². The van der Waals surface area contributed by atoms with Crippen LogP contribution in [-0.4, -0.2) is 19.6 Å². The van der Waals surface area contributed by atoms with E-state index < -0.39 is 15.2 Å². The van der Waals surface area contributed by atoms with E-state index in [1.165, 1.54) is 66.8 Å². The Morgan fingerprint density at radius 3 is 0.865 bits per heavy atom. The highest BCUT2D eigenvalue weighted by molar-refractivity contribution is 7.51. The van der Waals surface area contributed by atoms with E-state index in [9.17, 15) is 28.7 Å². The smallest absolute Gasteiger partial charge is 0.324 e. The summed E-state index contributed by atoms with van der Waals surface area (Å²) < 4.78 is 26.2. The third-order valence-corrected chi connectivity index (χ3v) is 16.4. The van der Waals surface area contributed by atoms with Crippen molar-refractivity contribution in [1.82, 2.24) is 0 Å². The van der Waals surface area contributed by atoms with E-state index in [4.69, 9.17) is 0 Å². The lowest BCUT2D eigenvalue weighted by molar-refractivity contribution is 0.368. The molecule has 0 fully saturated rings. The summed E-state index contributed by atoms with van der Waals surface area (Å²) in [7, 11) is -8.98. The van der Waals surface area contributed by atoms with Gasteiger partial charge in [0.2, 0.25) is 0 Å². The van der Waals surface area contributed by atoms with Crippen LogP contribution in [0.15, 0.2) is 72.8 Å². The maximum Gasteiger partial charge on any atom is 0.329 e. The fourth-order valence-corrected chi connectivity index (χ4v) is 15.1. The fraction of sp³-hybridized carbons (Fsp3) is 0.318. The molecule has 0 saturated heterocycles. The predicted octanol–water partition coefficient (Wildman–Crippen LogP) is 8.97. The fourth-order valence-electron chi connectivity index (χ4n) is 13.6. The van der Waals surface area contributed by atoms with Crippen LogP contribution < -0.4 is 0 Å². The Morgan fingerprint density at radius 1 is 0.385 bits per heavy atom. The normalized spacial score (nSPS) is 29.2. The third kappa shape index (κ3) is 3.54. The maximum atomic E-state index is 13.1. The molecule has 0 radical (unpaired) electrons. The second kappa shape index (κ2) is 9.36. The first-order chi connectivity index (χ1) is 25.0. The van der Waals surface area contributed by atoms with Crippen LogP contribution in [0.4, 0.5) is 0 Å². The lowest BCUT2D eigenvalue weighted by atomic mass is 9.71. The average Bonchev–Trinajstić information content (AvgIpc) is 3.98. The van der Waals surface area contributed by atoms with Gasteiger partial charge in [-0.2, -0.15) is 0 Å². The number of hydrogen-bond acceptors (Lipinski definition) is 2. The van der Waals surface area contributed by atoms with Crippen molar-refractivity contribution in [3.05, 3.63) is 173 Å². The number of benzene rings is 5. The summed E-state index contributed by atoms with van der Waals surface area (Å²) in [5.41, 5.74) is 21.7. The summed E-state index contributed by atoms with van der Waals surface area (Å²) in [6.45, 7) is 0. The number of hydrogen-bond donors (Lipinski definition) is 4. The standard InChI is InChI=1S/C44H36O6P2/c45-51(46,47)17-39-41-35-15-36(32-12-28-24-9-23(27(28)11-31(32)35)19-5-1-2-6-20(19)24)42(41)40(18-52(48,49)50)44-38-16-37(43(39)44)33-13-29-25-10-26(30(29)14-34(33)38)22-8-4-3-7-21(22)25/h1-8,11-14,23-26,35-38H,9-10,15-18H2,(H2,45,46,47)(H2,48,49,50)/t23-,24+,25+,26-,35-,36+,37+,38-. The minimum absolute atomic E-state index is 0.0390. The SMILES string of the molecule is O=P(O)(O)Cc1c2c(c(CP(=O)(O)O)c3c1[C@H]1C[C@@H]3c3cc4c(cc31)[C@H]1C[C@@H]4c3ccccc31)[C@H]1C[C@@H]2c2cc3c(cc21)[C@H]1C[C@@H]3c2ccccc21. The lowest BCUT2D eigenvalue weighted by Crippen LogP contribution is -2.19. The highest BCUT2D eigenvalue weighted by atomic mass is 31.2. The van der Waals surface area contributed by atoms with Crippen molar-refractivity contribution in [2.45, 2.75) is 85.4 Å². The van der Waals surface area contributed by atoms with Crippen LogP contribution in [0.1, 0.15) is 173 Å². The summed E-state index contributed by atoms with van der Waals surface area (Å²) in [4.78, 5) is 42.8. The highest BCUT2D eigenvalue weighted by Gasteiger charge is 2.54. The van der Waals surface area contributed by atoms with Crippen LogP contribution in [0.5, 0.6) is 0 Å². The van der Waals surface area contributed by atoms with Crippen LogP contribution in [-0.2, 0) is 21.5 Å². The Balaban J connectivity index is 1.03. The zero-order valence-electron chi connectivity index (χ0n) is 28.3. The van der Waals surface area contributed by atoms with E-state index in [-0.39, 0.29) is 36.0 Å². The Bertz CT molecular complexity index is 2340. The van der Waals surface area contributed by atoms with E-state index in [2.05, 4.69) is 72.8 Å². The van der Waals surface area contributed by atoms with Gasteiger partial charge in [-0.05, 0) is 126 Å². The molecule has 8 aliphatic carbocycles. The summed E-state index contributed by atoms with van der Waals surface area (Å²) in [5.74, 6) is 1.33. The predicted molar refractivity (Wildman–Crippen MR) is 197 cm³/mol. The van der Waals surface area contributed by atoms with E-state index in [0.29, 0.717) is 23.7 Å². The summed E-state index contributed by atoms with van der Waals surface area (Å²) in [5, 5.41) is 0. The molecule has 8 heteroatoms. The van der Waals surface area contributed by atoms with Crippen LogP contribution >= 0.6 is 15.2 Å². The van der Waals surface area contributed by atoms with Gasteiger partial charge in [0.05, 0.1) is 12.3 Å². The molecular formula is C44H36O6P2. The Hall–Kier alpha value is -3.60. The molecular weight excluding hydrogens is 686 g/mol. The molecule has 5 aromatic rings. The molecule has 0 saturated carbocycles. The second-order valence-electron chi connectivity index (χ2n) is 17.1. The van der Waals surface area contributed by atoms with E-state index in [0.717, 1.165) is 59.1 Å². The van der Waals surface area contributed by atoms with E-state index in [1.807, 2.05) is 0 Å². The molecule has 52 heavy (non-hydrogen) atoms. The van der Waals surface area contributed by atoms with Crippen LogP contribution in [0.25, 0.3) is 0 Å². The van der Waals surface area contributed by atoms with Gasteiger partial charge in [-0.25, -0.2) is 0 Å². The van der Waals surface area contributed by atoms with Gasteiger partial charge in [0.15, 0.2) is 0 Å². The molecule has 0 heterocycles. The van der Waals surface area contributed by atoms with Crippen molar-refractivity contribution in [3.8, 4) is 0 Å². The molecule has 8 atom stereocenters. The highest BCUT2D eigenvalue weighted by Crippen LogP contribution is 2.70. The van der Waals surface area contributed by atoms with E-state index in [1.54, 1.807) is 0 Å². The Labute approximate surface area is 301 Å². The summed E-state index contributed by atoms with van der Waals surface area (Å²) >= 11 is 0. The zero-order valence-corrected chi connectivity index (χ0v) is 30.1. The second-order valence-corrected chi connectivity index (χ2v) is 20.4. The third-order valence-electron chi connectivity index (χ3n) is 15.0. The zero-order chi connectivity index (χ0) is 34.7. The maximum absolute atomic E-state index is 13.1. The topological polar surface area (TPSA) is 115 Å². The van der Waals surface area contributed by atoms with Gasteiger partial charge in [0, 0.05) is 47.3 Å². The number of rotatable bonds is 4. The molecule has 0 aromatic heterocycles. The first-order valence-electron chi connectivity index (χ1n) is 18.9. The van der Waals surface area contributed by atoms with Crippen molar-refractivity contribution in [3.63, 3.8) is 0 Å². The molecule has 0 amide bonds. The van der Waals surface area contributed by atoms with Crippen molar-refractivity contribution in [2.24, 2.45) is 0 Å². The minimum Gasteiger partial charge on any atom is -0.324 e. The van der Waals surface area contributed by atoms with Gasteiger partial charge < -0.3 is 19.6 Å². The van der Waals surface area contributed by atoms with Crippen LogP contribution in [0.3, 0.4) is 0 Å². The van der Waals surface area contributed by atoms with Gasteiger partial charge in [-0.1, -0.05) is 72.8 Å². The molecule has 258 valence electrons. The molecule has 8 bridgehead atoms. The molecule has 0 spiro atoms. The van der Waals surface area contributed by atoms with Gasteiger partial charge in [-0.3, -0.25) is 9.13 Å². The van der Waals surface area contributed by atoms with Crippen molar-refractivity contribution >= 4 is 15.2 Å². The average molecular weight is 723 g/mol. The molecule has 5 aromatic carbocycles. The first kappa shape index (κ1) is 29.8. The molecule has 0 aliphatic heterocycles.